The number of likely N-dealkylation sites (N-methyl/N-ethyl adjacent to an activating group) is 1. The molecule has 1 N–H and O–H groups in total. The van der Waals surface area contributed by atoms with Gasteiger partial charge in [-0.3, -0.25) is 4.98 Å². The Morgan fingerprint density at radius 2 is 2.14 bits per heavy atom. The van der Waals surface area contributed by atoms with Crippen molar-refractivity contribution < 1.29 is 0 Å². The van der Waals surface area contributed by atoms with Gasteiger partial charge in [0.2, 0.25) is 0 Å². The van der Waals surface area contributed by atoms with E-state index < -0.39 is 0 Å². The fourth-order valence-electron chi connectivity index (χ4n) is 2.11. The van der Waals surface area contributed by atoms with Gasteiger partial charge in [0.25, 0.3) is 0 Å². The Bertz CT molecular complexity index is 299. The van der Waals surface area contributed by atoms with Gasteiger partial charge in [-0.25, -0.2) is 0 Å². The van der Waals surface area contributed by atoms with E-state index in [0.717, 1.165) is 19.6 Å². The van der Waals surface area contributed by atoms with Crippen LogP contribution in [-0.4, -0.2) is 36.6 Å². The Morgan fingerprint density at radius 3 is 2.79 bits per heavy atom. The van der Waals surface area contributed by atoms with Gasteiger partial charge < -0.3 is 10.2 Å². The molecule has 0 aromatic carbocycles. The van der Waals surface area contributed by atoms with E-state index in [1.807, 2.05) is 12.4 Å². The lowest BCUT2D eigenvalue weighted by molar-refractivity contribution is 0.171. The van der Waals surface area contributed by atoms with Crippen LogP contribution in [0.4, 0.5) is 0 Å². The number of hydrogen-bond donors (Lipinski definition) is 1. The molecule has 0 bridgehead atoms. The summed E-state index contributed by atoms with van der Waals surface area (Å²) in [5, 5.41) is 3.57. The molecular formula is C11H17N3. The molecule has 14 heavy (non-hydrogen) atoms. The number of rotatable bonds is 1. The van der Waals surface area contributed by atoms with E-state index in [9.17, 15) is 0 Å². The van der Waals surface area contributed by atoms with E-state index in [-0.39, 0.29) is 5.54 Å². The smallest absolute Gasteiger partial charge is 0.0536 e. The maximum atomic E-state index is 4.05. The summed E-state index contributed by atoms with van der Waals surface area (Å²) in [5.74, 6) is 0. The number of piperazine rings is 1. The normalized spacial score (nSPS) is 29.0. The topological polar surface area (TPSA) is 28.2 Å². The molecule has 1 aromatic heterocycles. The van der Waals surface area contributed by atoms with E-state index >= 15 is 0 Å². The fraction of sp³-hybridized carbons (Fsp3) is 0.545. The van der Waals surface area contributed by atoms with Gasteiger partial charge >= 0.3 is 0 Å². The molecule has 1 aromatic rings. The average molecular weight is 191 g/mol. The van der Waals surface area contributed by atoms with Gasteiger partial charge in [0.15, 0.2) is 0 Å². The van der Waals surface area contributed by atoms with E-state index in [0.29, 0.717) is 0 Å². The maximum Gasteiger partial charge on any atom is 0.0536 e. The number of hydrogen-bond acceptors (Lipinski definition) is 3. The van der Waals surface area contributed by atoms with Crippen molar-refractivity contribution in [2.75, 3.05) is 26.7 Å². The monoisotopic (exact) mass is 191 g/mol. The van der Waals surface area contributed by atoms with E-state index in [1.165, 1.54) is 5.56 Å². The highest BCUT2D eigenvalue weighted by Gasteiger charge is 2.30. The van der Waals surface area contributed by atoms with Crippen LogP contribution < -0.4 is 5.32 Å². The summed E-state index contributed by atoms with van der Waals surface area (Å²) < 4.78 is 0. The molecule has 1 atom stereocenters. The first-order chi connectivity index (χ1) is 6.71. The second-order valence-electron chi connectivity index (χ2n) is 4.23. The van der Waals surface area contributed by atoms with Gasteiger partial charge in [-0.15, -0.1) is 0 Å². The summed E-state index contributed by atoms with van der Waals surface area (Å²) >= 11 is 0. The minimum absolute atomic E-state index is 0.0793. The molecule has 3 heteroatoms. The lowest BCUT2D eigenvalue weighted by atomic mass is 9.91. The molecule has 1 unspecified atom stereocenters. The van der Waals surface area contributed by atoms with Crippen molar-refractivity contribution >= 4 is 0 Å². The summed E-state index contributed by atoms with van der Waals surface area (Å²) in [6.45, 7) is 5.48. The minimum atomic E-state index is 0.0793. The molecule has 0 radical (unpaired) electrons. The predicted molar refractivity (Wildman–Crippen MR) is 57.1 cm³/mol. The van der Waals surface area contributed by atoms with Gasteiger partial charge in [0, 0.05) is 32.0 Å². The van der Waals surface area contributed by atoms with Gasteiger partial charge in [-0.2, -0.15) is 0 Å². The Labute approximate surface area is 85.1 Å². The molecule has 0 spiro atoms. The summed E-state index contributed by atoms with van der Waals surface area (Å²) in [6.07, 6.45) is 3.72. The number of pyridine rings is 1. The van der Waals surface area contributed by atoms with Crippen LogP contribution in [0.2, 0.25) is 0 Å². The molecular weight excluding hydrogens is 174 g/mol. The Hall–Kier alpha value is -0.930. The third kappa shape index (κ3) is 1.79. The lowest BCUT2D eigenvalue weighted by Gasteiger charge is -2.40. The Kier molecular flexibility index (Phi) is 2.52. The van der Waals surface area contributed by atoms with Crippen molar-refractivity contribution in [3.05, 3.63) is 30.1 Å². The van der Waals surface area contributed by atoms with Gasteiger partial charge in [-0.05, 0) is 31.7 Å². The molecule has 0 saturated carbocycles. The zero-order chi connectivity index (χ0) is 10.0. The molecule has 1 saturated heterocycles. The number of aromatic nitrogens is 1. The van der Waals surface area contributed by atoms with Crippen molar-refractivity contribution in [3.8, 4) is 0 Å². The number of nitrogens with zero attached hydrogens (tertiary/aromatic N) is 2. The minimum Gasteiger partial charge on any atom is -0.305 e. The van der Waals surface area contributed by atoms with Crippen molar-refractivity contribution in [1.82, 2.24) is 15.2 Å². The van der Waals surface area contributed by atoms with Crippen molar-refractivity contribution in [1.29, 1.82) is 0 Å². The summed E-state index contributed by atoms with van der Waals surface area (Å²) in [7, 11) is 2.17. The van der Waals surface area contributed by atoms with Crippen LogP contribution in [0, 0.1) is 0 Å². The zero-order valence-electron chi connectivity index (χ0n) is 8.83. The second-order valence-corrected chi connectivity index (χ2v) is 4.23. The molecule has 0 aliphatic carbocycles. The van der Waals surface area contributed by atoms with Crippen LogP contribution in [0.15, 0.2) is 24.5 Å². The van der Waals surface area contributed by atoms with Crippen LogP contribution in [0.3, 0.4) is 0 Å². The number of nitrogens with one attached hydrogen (secondary N) is 1. The fourth-order valence-corrected chi connectivity index (χ4v) is 2.11. The highest BCUT2D eigenvalue weighted by molar-refractivity contribution is 5.22. The lowest BCUT2D eigenvalue weighted by Crippen LogP contribution is -2.55. The molecule has 2 rings (SSSR count). The molecule has 0 amide bonds. The van der Waals surface area contributed by atoms with Crippen molar-refractivity contribution in [3.63, 3.8) is 0 Å². The largest absolute Gasteiger partial charge is 0.305 e. The molecule has 1 aliphatic heterocycles. The highest BCUT2D eigenvalue weighted by Crippen LogP contribution is 2.22. The first-order valence-electron chi connectivity index (χ1n) is 5.05. The SMILES string of the molecule is CN1CCNC(C)(c2ccncc2)C1. The molecule has 2 heterocycles. The highest BCUT2D eigenvalue weighted by atomic mass is 15.2. The Morgan fingerprint density at radius 1 is 1.43 bits per heavy atom. The van der Waals surface area contributed by atoms with Crippen LogP contribution in [0.25, 0.3) is 0 Å². The third-order valence-electron chi connectivity index (χ3n) is 2.91. The van der Waals surface area contributed by atoms with Crippen LogP contribution in [0.5, 0.6) is 0 Å². The first-order valence-corrected chi connectivity index (χ1v) is 5.05. The predicted octanol–water partition coefficient (Wildman–Crippen LogP) is 0.832. The van der Waals surface area contributed by atoms with Crippen LogP contribution in [0.1, 0.15) is 12.5 Å². The van der Waals surface area contributed by atoms with E-state index in [1.54, 1.807) is 0 Å². The summed E-state index contributed by atoms with van der Waals surface area (Å²) in [4.78, 5) is 6.41. The van der Waals surface area contributed by atoms with Gasteiger partial charge in [-0.1, -0.05) is 0 Å². The molecule has 3 nitrogen and oxygen atoms in total. The van der Waals surface area contributed by atoms with Crippen molar-refractivity contribution in [2.24, 2.45) is 0 Å². The molecule has 1 fully saturated rings. The summed E-state index contributed by atoms with van der Waals surface area (Å²) in [5.41, 5.74) is 1.40. The maximum absolute atomic E-state index is 4.05. The van der Waals surface area contributed by atoms with Gasteiger partial charge in [0.05, 0.1) is 5.54 Å². The van der Waals surface area contributed by atoms with E-state index in [2.05, 4.69) is 41.3 Å². The first kappa shape index (κ1) is 9.62. The third-order valence-corrected chi connectivity index (χ3v) is 2.91. The van der Waals surface area contributed by atoms with E-state index in [4.69, 9.17) is 0 Å². The van der Waals surface area contributed by atoms with Gasteiger partial charge in [0.1, 0.15) is 0 Å². The summed E-state index contributed by atoms with van der Waals surface area (Å²) in [6, 6.07) is 4.18. The second kappa shape index (κ2) is 3.67. The average Bonchev–Trinajstić information content (AvgIpc) is 2.19. The molecule has 76 valence electrons. The van der Waals surface area contributed by atoms with Crippen LogP contribution in [-0.2, 0) is 5.54 Å². The molecule has 1 aliphatic rings. The quantitative estimate of drug-likeness (QED) is 0.712. The van der Waals surface area contributed by atoms with Crippen LogP contribution >= 0.6 is 0 Å². The van der Waals surface area contributed by atoms with Crippen molar-refractivity contribution in [2.45, 2.75) is 12.5 Å². The standard InChI is InChI=1S/C11H17N3/c1-11(9-14(2)8-7-13-11)10-3-5-12-6-4-10/h3-6,13H,7-9H2,1-2H3. The zero-order valence-corrected chi connectivity index (χ0v) is 8.83. The Balaban J connectivity index is 2.23.